The van der Waals surface area contributed by atoms with Crippen LogP contribution in [0.15, 0.2) is 11.0 Å². The van der Waals surface area contributed by atoms with Crippen LogP contribution in [0.25, 0.3) is 6.08 Å². The van der Waals surface area contributed by atoms with E-state index in [0.29, 0.717) is 6.42 Å². The second kappa shape index (κ2) is 11.0. The number of aryl methyl sites for hydroxylation is 1. The number of hydrogen-bond donors (Lipinski definition) is 2. The summed E-state index contributed by atoms with van der Waals surface area (Å²) in [6.45, 7) is 10.8. The van der Waals surface area contributed by atoms with E-state index in [4.69, 9.17) is 9.47 Å². The Morgan fingerprint density at radius 3 is 2.56 bits per heavy atom. The number of aromatic nitrogens is 1. The van der Waals surface area contributed by atoms with Crippen LogP contribution in [0.4, 0.5) is 0 Å². The maximum Gasteiger partial charge on any atom is 0.309 e. The average molecular weight is 494 g/mol. The summed E-state index contributed by atoms with van der Waals surface area (Å²) in [5.41, 5.74) is 0.494. The quantitative estimate of drug-likeness (QED) is 0.472. The second-order valence-corrected chi connectivity index (χ2v) is 11.7. The molecule has 2 fully saturated rings. The number of fused-ring (bicyclic) bond motifs is 1. The van der Waals surface area contributed by atoms with Crippen molar-refractivity contribution in [3.63, 3.8) is 0 Å². The molecule has 0 radical (unpaired) electrons. The molecular formula is C26H39NO6S. The number of hydrogen-bond acceptors (Lipinski definition) is 8. The summed E-state index contributed by atoms with van der Waals surface area (Å²) in [4.78, 5) is 30.5. The van der Waals surface area contributed by atoms with Gasteiger partial charge >= 0.3 is 5.97 Å². The van der Waals surface area contributed by atoms with Crippen molar-refractivity contribution in [1.29, 1.82) is 0 Å². The number of aliphatic hydroxyl groups is 2. The molecule has 2 aliphatic heterocycles. The molecule has 0 spiro atoms. The molecule has 0 aromatic carbocycles. The maximum atomic E-state index is 13.2. The molecule has 1 aromatic rings. The van der Waals surface area contributed by atoms with Crippen molar-refractivity contribution in [2.24, 2.45) is 17.3 Å². The van der Waals surface area contributed by atoms with Crippen molar-refractivity contribution < 1.29 is 29.3 Å². The number of Topliss-reactive ketones (excluding diaryl/α,β-unsaturated/α-hetero) is 1. The van der Waals surface area contributed by atoms with Gasteiger partial charge in [0.25, 0.3) is 0 Å². The van der Waals surface area contributed by atoms with Gasteiger partial charge in [-0.1, -0.05) is 34.1 Å². The third-order valence-electron chi connectivity index (χ3n) is 7.41. The van der Waals surface area contributed by atoms with Crippen molar-refractivity contribution in [3.8, 4) is 0 Å². The van der Waals surface area contributed by atoms with Gasteiger partial charge in [-0.3, -0.25) is 9.59 Å². The van der Waals surface area contributed by atoms with E-state index < -0.39 is 35.6 Å². The Bertz CT molecular complexity index is 909. The summed E-state index contributed by atoms with van der Waals surface area (Å²) in [6.07, 6.45) is 2.28. The molecule has 0 bridgehead atoms. The first-order valence-electron chi connectivity index (χ1n) is 12.3. The molecular weight excluding hydrogens is 454 g/mol. The minimum atomic E-state index is -1.22. The van der Waals surface area contributed by atoms with E-state index in [2.05, 4.69) is 4.98 Å². The van der Waals surface area contributed by atoms with Crippen LogP contribution in [0.1, 0.15) is 77.4 Å². The van der Waals surface area contributed by atoms with E-state index in [1.807, 2.05) is 32.2 Å². The minimum absolute atomic E-state index is 0.00770. The minimum Gasteiger partial charge on any atom is -0.458 e. The lowest BCUT2D eigenvalue weighted by molar-refractivity contribution is -0.154. The van der Waals surface area contributed by atoms with Crippen LogP contribution >= 0.6 is 11.3 Å². The SMILES string of the molecule is CC(=Cc1csc(C)n1)C1C[C@@H]2O[C@@H]2CCCC(C)C(O)C(C)C(=O)C(C)(C)C(O)CC(=O)O1. The van der Waals surface area contributed by atoms with Crippen molar-refractivity contribution in [3.05, 3.63) is 21.7 Å². The van der Waals surface area contributed by atoms with Crippen molar-refractivity contribution in [2.45, 2.75) is 104 Å². The molecule has 3 rings (SSSR count). The largest absolute Gasteiger partial charge is 0.458 e. The molecule has 2 saturated heterocycles. The van der Waals surface area contributed by atoms with E-state index >= 15 is 0 Å². The third kappa shape index (κ3) is 6.53. The van der Waals surface area contributed by atoms with Gasteiger partial charge in [0, 0.05) is 17.7 Å². The molecule has 7 nitrogen and oxygen atoms in total. The highest BCUT2D eigenvalue weighted by atomic mass is 32.1. The van der Waals surface area contributed by atoms with Crippen LogP contribution in [0.2, 0.25) is 0 Å². The highest BCUT2D eigenvalue weighted by Crippen LogP contribution is 2.36. The van der Waals surface area contributed by atoms with Gasteiger partial charge in [-0.25, -0.2) is 4.98 Å². The summed E-state index contributed by atoms with van der Waals surface area (Å²) in [6, 6.07) is 0. The molecule has 0 amide bonds. The molecule has 8 heteroatoms. The summed E-state index contributed by atoms with van der Waals surface area (Å²) >= 11 is 1.56. The van der Waals surface area contributed by atoms with Crippen LogP contribution in [0.5, 0.6) is 0 Å². The molecule has 34 heavy (non-hydrogen) atoms. The molecule has 2 N–H and O–H groups in total. The Hall–Kier alpha value is -1.61. The molecule has 0 aliphatic carbocycles. The molecule has 0 saturated carbocycles. The van der Waals surface area contributed by atoms with Crippen LogP contribution in [-0.2, 0) is 19.1 Å². The van der Waals surface area contributed by atoms with E-state index in [-0.39, 0.29) is 30.3 Å². The third-order valence-corrected chi connectivity index (χ3v) is 8.20. The summed E-state index contributed by atoms with van der Waals surface area (Å²) < 4.78 is 11.7. The number of thiazole rings is 1. The zero-order valence-corrected chi connectivity index (χ0v) is 21.9. The predicted molar refractivity (Wildman–Crippen MR) is 131 cm³/mol. The number of cyclic esters (lactones) is 1. The maximum absolute atomic E-state index is 13.2. The zero-order chi connectivity index (χ0) is 25.2. The van der Waals surface area contributed by atoms with Gasteiger partial charge in [-0.2, -0.15) is 0 Å². The Labute approximate surface area is 206 Å². The lowest BCUT2D eigenvalue weighted by atomic mass is 9.73. The normalized spacial score (nSPS) is 36.0. The highest BCUT2D eigenvalue weighted by Gasteiger charge is 2.44. The molecule has 3 heterocycles. The van der Waals surface area contributed by atoms with Gasteiger partial charge < -0.3 is 19.7 Å². The van der Waals surface area contributed by atoms with Gasteiger partial charge in [0.2, 0.25) is 0 Å². The lowest BCUT2D eigenvalue weighted by Gasteiger charge is -2.34. The number of nitrogens with zero attached hydrogens (tertiary/aromatic N) is 1. The van der Waals surface area contributed by atoms with Crippen LogP contribution in [-0.4, -0.2) is 57.5 Å². The molecule has 2 aliphatic rings. The van der Waals surface area contributed by atoms with Gasteiger partial charge in [0.1, 0.15) is 11.9 Å². The fourth-order valence-electron chi connectivity index (χ4n) is 4.78. The molecule has 1 aromatic heterocycles. The number of ether oxygens (including phenoxy) is 2. The Morgan fingerprint density at radius 2 is 1.91 bits per heavy atom. The topological polar surface area (TPSA) is 109 Å². The highest BCUT2D eigenvalue weighted by molar-refractivity contribution is 7.09. The number of aliphatic hydroxyl groups excluding tert-OH is 2. The molecule has 5 unspecified atom stereocenters. The fraction of sp³-hybridized carbons (Fsp3) is 0.731. The summed E-state index contributed by atoms with van der Waals surface area (Å²) in [5, 5.41) is 24.5. The zero-order valence-electron chi connectivity index (χ0n) is 21.1. The fourth-order valence-corrected chi connectivity index (χ4v) is 5.35. The van der Waals surface area contributed by atoms with Gasteiger partial charge in [0.15, 0.2) is 0 Å². The van der Waals surface area contributed by atoms with Crippen molar-refractivity contribution in [1.82, 2.24) is 4.98 Å². The first-order valence-corrected chi connectivity index (χ1v) is 13.1. The van der Waals surface area contributed by atoms with Gasteiger partial charge in [-0.05, 0) is 44.3 Å². The number of carbonyl (C=O) groups is 2. The first-order chi connectivity index (χ1) is 15.9. The van der Waals surface area contributed by atoms with E-state index in [1.165, 1.54) is 0 Å². The number of esters is 1. The summed E-state index contributed by atoms with van der Waals surface area (Å²) in [5.74, 6) is -1.52. The van der Waals surface area contributed by atoms with E-state index in [1.54, 1.807) is 32.1 Å². The van der Waals surface area contributed by atoms with Crippen molar-refractivity contribution >= 4 is 29.2 Å². The average Bonchev–Trinajstić information content (AvgIpc) is 3.38. The van der Waals surface area contributed by atoms with Crippen LogP contribution < -0.4 is 0 Å². The van der Waals surface area contributed by atoms with Crippen molar-refractivity contribution in [2.75, 3.05) is 0 Å². The number of carbonyl (C=O) groups excluding carboxylic acids is 2. The van der Waals surface area contributed by atoms with E-state index in [0.717, 1.165) is 35.5 Å². The second-order valence-electron chi connectivity index (χ2n) is 10.6. The Balaban J connectivity index is 1.81. The molecule has 190 valence electrons. The first kappa shape index (κ1) is 27.0. The van der Waals surface area contributed by atoms with Crippen LogP contribution in [0.3, 0.4) is 0 Å². The lowest BCUT2D eigenvalue weighted by Crippen LogP contribution is -2.45. The Morgan fingerprint density at radius 1 is 1.21 bits per heavy atom. The van der Waals surface area contributed by atoms with Crippen LogP contribution in [0, 0.1) is 24.2 Å². The van der Waals surface area contributed by atoms with Gasteiger partial charge in [0.05, 0.1) is 47.0 Å². The van der Waals surface area contributed by atoms with E-state index in [9.17, 15) is 19.8 Å². The Kier molecular flexibility index (Phi) is 8.71. The monoisotopic (exact) mass is 493 g/mol. The standard InChI is InChI=1S/C26H39NO6S/c1-14-8-7-9-19-21(32-19)11-20(15(2)10-18-13-34-17(4)27-18)33-23(29)12-22(28)26(5,6)25(31)16(3)24(14)30/h10,13-14,16,19-22,24,28,30H,7-9,11-12H2,1-6H3/t14?,16?,19-,20?,21+,22?,24?/m1/s1. The van der Waals surface area contributed by atoms with Gasteiger partial charge in [-0.15, -0.1) is 11.3 Å². The smallest absolute Gasteiger partial charge is 0.309 e. The predicted octanol–water partition coefficient (Wildman–Crippen LogP) is 4.09. The number of ketones is 1. The summed E-state index contributed by atoms with van der Waals surface area (Å²) in [7, 11) is 0. The number of epoxide rings is 1. The number of rotatable bonds is 2. The molecule has 7 atom stereocenters.